The quantitative estimate of drug-likeness (QED) is 0.688. The maximum atomic E-state index is 12.0. The lowest BCUT2D eigenvalue weighted by molar-refractivity contribution is -0.122. The second-order valence-corrected chi connectivity index (χ2v) is 6.55. The summed E-state index contributed by atoms with van der Waals surface area (Å²) in [5.41, 5.74) is 0.652. The lowest BCUT2D eigenvalue weighted by atomic mass is 9.93. The Bertz CT molecular complexity index is 552. The second-order valence-electron chi connectivity index (χ2n) is 6.55. The molecule has 1 saturated carbocycles. The smallest absolute Gasteiger partial charge is 0.241 e. The van der Waals surface area contributed by atoms with Crippen LogP contribution in [0.3, 0.4) is 0 Å². The highest BCUT2D eigenvalue weighted by Gasteiger charge is 2.23. The molecule has 8 heteroatoms. The number of aromatic nitrogens is 2. The molecule has 3 N–H and O–H groups in total. The number of rotatable bonds is 7. The van der Waals surface area contributed by atoms with E-state index in [1.807, 2.05) is 0 Å². The van der Waals surface area contributed by atoms with Crippen molar-refractivity contribution in [3.05, 3.63) is 12.4 Å². The van der Waals surface area contributed by atoms with Crippen LogP contribution in [0, 0.1) is 5.92 Å². The Morgan fingerprint density at radius 3 is 2.67 bits per heavy atom. The van der Waals surface area contributed by atoms with Crippen LogP contribution in [-0.2, 0) is 16.1 Å². The first-order chi connectivity index (χ1) is 11.2. The summed E-state index contributed by atoms with van der Waals surface area (Å²) in [6.07, 6.45) is 9.22. The molecule has 2 aliphatic rings. The van der Waals surface area contributed by atoms with Crippen LogP contribution in [0.15, 0.2) is 12.4 Å². The zero-order valence-corrected chi connectivity index (χ0v) is 14.6. The van der Waals surface area contributed by atoms with Gasteiger partial charge in [0, 0.05) is 18.7 Å². The van der Waals surface area contributed by atoms with Crippen molar-refractivity contribution in [3.63, 3.8) is 0 Å². The first kappa shape index (κ1) is 18.7. The van der Waals surface area contributed by atoms with Crippen LogP contribution >= 0.6 is 12.4 Å². The van der Waals surface area contributed by atoms with Gasteiger partial charge in [-0.3, -0.25) is 14.3 Å². The van der Waals surface area contributed by atoms with Crippen molar-refractivity contribution in [1.82, 2.24) is 20.4 Å². The van der Waals surface area contributed by atoms with Crippen molar-refractivity contribution in [2.24, 2.45) is 5.92 Å². The summed E-state index contributed by atoms with van der Waals surface area (Å²) in [7, 11) is 0. The maximum Gasteiger partial charge on any atom is 0.241 e. The van der Waals surface area contributed by atoms with Crippen LogP contribution in [0.2, 0.25) is 0 Å². The molecular formula is C16H26ClN5O2. The van der Waals surface area contributed by atoms with Gasteiger partial charge in [0.2, 0.25) is 11.8 Å². The third-order valence-corrected chi connectivity index (χ3v) is 4.40. The molecule has 1 aromatic heterocycles. The van der Waals surface area contributed by atoms with E-state index < -0.39 is 0 Å². The maximum absolute atomic E-state index is 12.0. The lowest BCUT2D eigenvalue weighted by Gasteiger charge is -2.22. The second kappa shape index (κ2) is 9.03. The van der Waals surface area contributed by atoms with E-state index in [1.54, 1.807) is 17.1 Å². The molecule has 0 atom stereocenters. The number of carbonyl (C=O) groups is 2. The van der Waals surface area contributed by atoms with E-state index >= 15 is 0 Å². The fraction of sp³-hybridized carbons (Fsp3) is 0.688. The van der Waals surface area contributed by atoms with Gasteiger partial charge in [0.25, 0.3) is 0 Å². The summed E-state index contributed by atoms with van der Waals surface area (Å²) in [5.74, 6) is 0.640. The predicted octanol–water partition coefficient (Wildman–Crippen LogP) is 1.30. The highest BCUT2D eigenvalue weighted by molar-refractivity contribution is 5.90. The van der Waals surface area contributed by atoms with Gasteiger partial charge in [-0.05, 0) is 51.1 Å². The summed E-state index contributed by atoms with van der Waals surface area (Å²) >= 11 is 0. The molecule has 2 amide bonds. The van der Waals surface area contributed by atoms with Crippen molar-refractivity contribution in [1.29, 1.82) is 0 Å². The molecule has 0 unspecified atom stereocenters. The molecular weight excluding hydrogens is 330 g/mol. The van der Waals surface area contributed by atoms with E-state index in [0.29, 0.717) is 24.1 Å². The number of hydrogen-bond donors (Lipinski definition) is 3. The summed E-state index contributed by atoms with van der Waals surface area (Å²) in [6, 6.07) is 0.354. The van der Waals surface area contributed by atoms with Gasteiger partial charge in [0.1, 0.15) is 6.54 Å². The van der Waals surface area contributed by atoms with Gasteiger partial charge in [-0.2, -0.15) is 5.10 Å². The number of anilines is 1. The Labute approximate surface area is 148 Å². The molecule has 1 aliphatic heterocycles. The topological polar surface area (TPSA) is 88.1 Å². The number of hydrogen-bond acceptors (Lipinski definition) is 4. The minimum absolute atomic E-state index is 0. The molecule has 1 aliphatic carbocycles. The van der Waals surface area contributed by atoms with Crippen molar-refractivity contribution in [2.75, 3.05) is 18.4 Å². The van der Waals surface area contributed by atoms with E-state index in [9.17, 15) is 9.59 Å². The number of carbonyl (C=O) groups excluding carboxylic acids is 2. The lowest BCUT2D eigenvalue weighted by Crippen LogP contribution is -2.29. The highest BCUT2D eigenvalue weighted by Crippen LogP contribution is 2.19. The van der Waals surface area contributed by atoms with E-state index in [1.165, 1.54) is 0 Å². The average Bonchev–Trinajstić information content (AvgIpc) is 3.25. The molecule has 0 bridgehead atoms. The Kier molecular flexibility index (Phi) is 7.05. The Hall–Kier alpha value is -1.60. The zero-order valence-electron chi connectivity index (χ0n) is 13.8. The minimum atomic E-state index is -0.0283. The van der Waals surface area contributed by atoms with Crippen LogP contribution in [0.25, 0.3) is 0 Å². The normalized spacial score (nSPS) is 17.8. The molecule has 3 rings (SSSR count). The molecule has 7 nitrogen and oxygen atoms in total. The Morgan fingerprint density at radius 2 is 1.96 bits per heavy atom. The van der Waals surface area contributed by atoms with Crippen molar-refractivity contribution < 1.29 is 9.59 Å². The van der Waals surface area contributed by atoms with Crippen LogP contribution in [0.5, 0.6) is 0 Å². The largest absolute Gasteiger partial charge is 0.352 e. The van der Waals surface area contributed by atoms with Gasteiger partial charge < -0.3 is 16.0 Å². The first-order valence-electron chi connectivity index (χ1n) is 8.51. The van der Waals surface area contributed by atoms with Crippen LogP contribution in [0.4, 0.5) is 5.69 Å². The summed E-state index contributed by atoms with van der Waals surface area (Å²) < 4.78 is 1.56. The Morgan fingerprint density at radius 1 is 1.21 bits per heavy atom. The number of amides is 2. The number of nitrogens with zero attached hydrogens (tertiary/aromatic N) is 2. The summed E-state index contributed by atoms with van der Waals surface area (Å²) in [6.45, 7) is 2.31. The molecule has 134 valence electrons. The fourth-order valence-electron chi connectivity index (χ4n) is 2.89. The van der Waals surface area contributed by atoms with Gasteiger partial charge in [-0.1, -0.05) is 0 Å². The third kappa shape index (κ3) is 6.13. The molecule has 24 heavy (non-hydrogen) atoms. The van der Waals surface area contributed by atoms with Gasteiger partial charge in [-0.25, -0.2) is 0 Å². The first-order valence-corrected chi connectivity index (χ1v) is 8.51. The fourth-order valence-corrected chi connectivity index (χ4v) is 2.89. The Balaban J connectivity index is 0.00000208. The minimum Gasteiger partial charge on any atom is -0.352 e. The van der Waals surface area contributed by atoms with Gasteiger partial charge in [-0.15, -0.1) is 12.4 Å². The van der Waals surface area contributed by atoms with Crippen LogP contribution in [-0.4, -0.2) is 40.7 Å². The molecule has 0 radical (unpaired) electrons. The molecule has 1 saturated heterocycles. The molecule has 1 aromatic rings. The van der Waals surface area contributed by atoms with E-state index in [2.05, 4.69) is 21.0 Å². The number of halogens is 1. The van der Waals surface area contributed by atoms with Crippen molar-refractivity contribution in [2.45, 2.75) is 51.1 Å². The SMILES string of the molecule is Cl.O=C(CCC1CCNCC1)Nc1cnn(CC(=O)NC2CC2)c1. The van der Waals surface area contributed by atoms with Gasteiger partial charge in [0.05, 0.1) is 11.9 Å². The van der Waals surface area contributed by atoms with Crippen molar-refractivity contribution >= 4 is 29.9 Å². The van der Waals surface area contributed by atoms with Crippen molar-refractivity contribution in [3.8, 4) is 0 Å². The van der Waals surface area contributed by atoms with E-state index in [0.717, 1.165) is 45.2 Å². The molecule has 2 fully saturated rings. The number of piperidine rings is 1. The van der Waals surface area contributed by atoms with Crippen LogP contribution < -0.4 is 16.0 Å². The van der Waals surface area contributed by atoms with E-state index in [4.69, 9.17) is 0 Å². The molecule has 0 aromatic carbocycles. The summed E-state index contributed by atoms with van der Waals surface area (Å²) in [5, 5.41) is 13.2. The van der Waals surface area contributed by atoms with Gasteiger partial charge >= 0.3 is 0 Å². The molecule has 2 heterocycles. The average molecular weight is 356 g/mol. The predicted molar refractivity (Wildman–Crippen MR) is 94.1 cm³/mol. The standard InChI is InChI=1S/C16H25N5O2.ClH/c22-15(4-1-12-5-7-17-8-6-12)20-14-9-18-21(10-14)11-16(23)19-13-2-3-13;/h9-10,12-13,17H,1-8,11H2,(H,19,23)(H,20,22);1H. The monoisotopic (exact) mass is 355 g/mol. The van der Waals surface area contributed by atoms with Crippen LogP contribution in [0.1, 0.15) is 38.5 Å². The third-order valence-electron chi connectivity index (χ3n) is 4.40. The summed E-state index contributed by atoms with van der Waals surface area (Å²) in [4.78, 5) is 23.7. The highest BCUT2D eigenvalue weighted by atomic mass is 35.5. The van der Waals surface area contributed by atoms with Gasteiger partial charge in [0.15, 0.2) is 0 Å². The van der Waals surface area contributed by atoms with E-state index in [-0.39, 0.29) is 30.8 Å². The zero-order chi connectivity index (χ0) is 16.1. The molecule has 0 spiro atoms. The number of nitrogens with one attached hydrogen (secondary N) is 3.